The molecule has 0 atom stereocenters. The highest BCUT2D eigenvalue weighted by molar-refractivity contribution is 6.39. The summed E-state index contributed by atoms with van der Waals surface area (Å²) < 4.78 is 48.6. The van der Waals surface area contributed by atoms with Crippen LogP contribution in [0, 0.1) is 0 Å². The van der Waals surface area contributed by atoms with E-state index in [1.165, 1.54) is 19.4 Å². The Morgan fingerprint density at radius 2 is 1.86 bits per heavy atom. The van der Waals surface area contributed by atoms with Crippen LogP contribution in [0.4, 0.5) is 18.9 Å². The molecule has 7 nitrogen and oxygen atoms in total. The van der Waals surface area contributed by atoms with Crippen molar-refractivity contribution in [3.8, 4) is 11.5 Å². The average molecular weight is 409 g/mol. The van der Waals surface area contributed by atoms with Gasteiger partial charge in [-0.05, 0) is 48.9 Å². The number of halogens is 3. The number of anilines is 1. The fraction of sp³-hybridized carbons (Fsp3) is 0.211. The summed E-state index contributed by atoms with van der Waals surface area (Å²) in [5.74, 6) is -1.30. The molecule has 0 aliphatic heterocycles. The Bertz CT molecular complexity index is 914. The van der Waals surface area contributed by atoms with E-state index in [1.807, 2.05) is 12.3 Å². The van der Waals surface area contributed by atoms with Crippen LogP contribution in [0.25, 0.3) is 0 Å². The Kier molecular flexibility index (Phi) is 7.18. The number of alkyl halides is 3. The van der Waals surface area contributed by atoms with Crippen molar-refractivity contribution >= 4 is 23.7 Å². The zero-order valence-electron chi connectivity index (χ0n) is 15.5. The molecule has 0 spiro atoms. The maximum Gasteiger partial charge on any atom is 0.416 e. The van der Waals surface area contributed by atoms with Crippen molar-refractivity contribution < 1.29 is 32.2 Å². The lowest BCUT2D eigenvalue weighted by molar-refractivity contribution is -0.137. The largest absolute Gasteiger partial charge is 0.493 e. The molecule has 0 unspecified atom stereocenters. The van der Waals surface area contributed by atoms with E-state index in [4.69, 9.17) is 9.47 Å². The molecule has 0 aliphatic carbocycles. The molecule has 29 heavy (non-hydrogen) atoms. The predicted octanol–water partition coefficient (Wildman–Crippen LogP) is 3.20. The number of hydrogen-bond acceptors (Lipinski definition) is 5. The second kappa shape index (κ2) is 9.58. The van der Waals surface area contributed by atoms with Crippen LogP contribution in [0.15, 0.2) is 47.6 Å². The molecule has 2 rings (SSSR count). The highest BCUT2D eigenvalue weighted by atomic mass is 19.4. The van der Waals surface area contributed by atoms with E-state index < -0.39 is 23.6 Å². The van der Waals surface area contributed by atoms with Gasteiger partial charge in [-0.25, -0.2) is 5.43 Å². The fourth-order valence-corrected chi connectivity index (χ4v) is 2.22. The number of ether oxygens (including phenoxy) is 2. The maximum atomic E-state index is 12.7. The molecule has 0 bridgehead atoms. The number of methoxy groups -OCH3 is 1. The van der Waals surface area contributed by atoms with Gasteiger partial charge in [0.2, 0.25) is 0 Å². The summed E-state index contributed by atoms with van der Waals surface area (Å²) in [6.45, 7) is 2.29. The minimum atomic E-state index is -4.56. The van der Waals surface area contributed by atoms with Gasteiger partial charge in [-0.2, -0.15) is 18.3 Å². The molecule has 0 aliphatic rings. The molecule has 2 aromatic carbocycles. The molecule has 0 fully saturated rings. The SMILES string of the molecule is CCOc1ccc(/C=N/NC(=O)C(=O)Nc2cccc(C(F)(F)F)c2)cc1OC. The number of carbonyl (C=O) groups excluding carboxylic acids is 2. The van der Waals surface area contributed by atoms with E-state index in [0.717, 1.165) is 18.2 Å². The van der Waals surface area contributed by atoms with Gasteiger partial charge in [0.1, 0.15) is 0 Å². The van der Waals surface area contributed by atoms with Gasteiger partial charge in [0.15, 0.2) is 11.5 Å². The fourth-order valence-electron chi connectivity index (χ4n) is 2.22. The van der Waals surface area contributed by atoms with E-state index in [2.05, 4.69) is 10.4 Å². The molecule has 0 saturated heterocycles. The normalized spacial score (nSPS) is 11.2. The smallest absolute Gasteiger partial charge is 0.416 e. The van der Waals surface area contributed by atoms with Gasteiger partial charge in [0, 0.05) is 5.69 Å². The lowest BCUT2D eigenvalue weighted by atomic mass is 10.2. The van der Waals surface area contributed by atoms with Crippen LogP contribution in [0.2, 0.25) is 0 Å². The van der Waals surface area contributed by atoms with Crippen molar-refractivity contribution in [2.45, 2.75) is 13.1 Å². The quantitative estimate of drug-likeness (QED) is 0.436. The van der Waals surface area contributed by atoms with Crippen molar-refractivity contribution in [2.75, 3.05) is 19.0 Å². The van der Waals surface area contributed by atoms with Crippen LogP contribution in [-0.4, -0.2) is 31.7 Å². The van der Waals surface area contributed by atoms with Crippen molar-refractivity contribution in [3.05, 3.63) is 53.6 Å². The summed E-state index contributed by atoms with van der Waals surface area (Å²) in [6.07, 6.45) is -3.29. The highest BCUT2D eigenvalue weighted by Gasteiger charge is 2.30. The summed E-state index contributed by atoms with van der Waals surface area (Å²) in [4.78, 5) is 23.6. The topological polar surface area (TPSA) is 89.0 Å². The molecule has 0 heterocycles. The van der Waals surface area contributed by atoms with E-state index >= 15 is 0 Å². The number of hydrogen-bond donors (Lipinski definition) is 2. The Balaban J connectivity index is 1.97. The summed E-state index contributed by atoms with van der Waals surface area (Å²) in [5.41, 5.74) is 1.44. The molecule has 2 N–H and O–H groups in total. The van der Waals surface area contributed by atoms with E-state index in [-0.39, 0.29) is 5.69 Å². The minimum Gasteiger partial charge on any atom is -0.493 e. The van der Waals surface area contributed by atoms with Crippen molar-refractivity contribution in [2.24, 2.45) is 5.10 Å². The lowest BCUT2D eigenvalue weighted by Crippen LogP contribution is -2.32. The van der Waals surface area contributed by atoms with Crippen molar-refractivity contribution in [1.82, 2.24) is 5.43 Å². The zero-order chi connectivity index (χ0) is 21.4. The van der Waals surface area contributed by atoms with Crippen LogP contribution in [-0.2, 0) is 15.8 Å². The number of benzene rings is 2. The molecule has 2 aromatic rings. The second-order valence-electron chi connectivity index (χ2n) is 5.58. The van der Waals surface area contributed by atoms with Crippen LogP contribution in [0.5, 0.6) is 11.5 Å². The third-order valence-electron chi connectivity index (χ3n) is 3.52. The molecular weight excluding hydrogens is 391 g/mol. The minimum absolute atomic E-state index is 0.166. The predicted molar refractivity (Wildman–Crippen MR) is 100.0 cm³/mol. The van der Waals surface area contributed by atoms with Gasteiger partial charge in [-0.1, -0.05) is 6.07 Å². The van der Waals surface area contributed by atoms with Crippen LogP contribution < -0.4 is 20.2 Å². The van der Waals surface area contributed by atoms with Crippen LogP contribution in [0.3, 0.4) is 0 Å². The summed E-state index contributed by atoms with van der Waals surface area (Å²) in [5, 5.41) is 5.73. The number of amides is 2. The molecule has 154 valence electrons. The van der Waals surface area contributed by atoms with Gasteiger partial charge in [-0.3, -0.25) is 9.59 Å². The third kappa shape index (κ3) is 6.23. The first kappa shape index (κ1) is 21.7. The van der Waals surface area contributed by atoms with Gasteiger partial charge in [-0.15, -0.1) is 0 Å². The first-order valence-corrected chi connectivity index (χ1v) is 8.37. The lowest BCUT2D eigenvalue weighted by Gasteiger charge is -2.09. The van der Waals surface area contributed by atoms with Crippen molar-refractivity contribution in [1.29, 1.82) is 0 Å². The molecule has 0 saturated carbocycles. The number of nitrogens with zero attached hydrogens (tertiary/aromatic N) is 1. The Hall–Kier alpha value is -3.56. The Labute approximate surface area is 164 Å². The number of carbonyl (C=O) groups is 2. The van der Waals surface area contributed by atoms with Crippen LogP contribution in [0.1, 0.15) is 18.1 Å². The monoisotopic (exact) mass is 409 g/mol. The van der Waals surface area contributed by atoms with Gasteiger partial charge in [0.25, 0.3) is 0 Å². The number of hydrazone groups is 1. The molecule has 0 aromatic heterocycles. The van der Waals surface area contributed by atoms with Gasteiger partial charge in [0.05, 0.1) is 25.5 Å². The molecule has 0 radical (unpaired) electrons. The Morgan fingerprint density at radius 3 is 2.52 bits per heavy atom. The van der Waals surface area contributed by atoms with Gasteiger partial charge >= 0.3 is 18.0 Å². The van der Waals surface area contributed by atoms with E-state index in [1.54, 1.807) is 18.2 Å². The highest BCUT2D eigenvalue weighted by Crippen LogP contribution is 2.30. The first-order chi connectivity index (χ1) is 13.7. The van der Waals surface area contributed by atoms with Crippen LogP contribution >= 0.6 is 0 Å². The number of rotatable bonds is 6. The van der Waals surface area contributed by atoms with E-state index in [0.29, 0.717) is 23.7 Å². The van der Waals surface area contributed by atoms with E-state index in [9.17, 15) is 22.8 Å². The zero-order valence-corrected chi connectivity index (χ0v) is 15.5. The van der Waals surface area contributed by atoms with Crippen molar-refractivity contribution in [3.63, 3.8) is 0 Å². The second-order valence-corrected chi connectivity index (χ2v) is 5.58. The number of nitrogens with one attached hydrogen (secondary N) is 2. The molecular formula is C19H18F3N3O4. The summed E-state index contributed by atoms with van der Waals surface area (Å²) >= 11 is 0. The summed E-state index contributed by atoms with van der Waals surface area (Å²) in [7, 11) is 1.47. The summed E-state index contributed by atoms with van der Waals surface area (Å²) in [6, 6.07) is 8.86. The molecule has 2 amide bonds. The average Bonchev–Trinajstić information content (AvgIpc) is 2.68. The Morgan fingerprint density at radius 1 is 1.10 bits per heavy atom. The maximum absolute atomic E-state index is 12.7. The first-order valence-electron chi connectivity index (χ1n) is 8.37. The third-order valence-corrected chi connectivity index (χ3v) is 3.52. The molecule has 10 heteroatoms. The van der Waals surface area contributed by atoms with Gasteiger partial charge < -0.3 is 14.8 Å². The standard InChI is InChI=1S/C19H18F3N3O4/c1-3-29-15-8-7-12(9-16(15)28-2)11-23-25-18(27)17(26)24-14-6-4-5-13(10-14)19(20,21)22/h4-11H,3H2,1-2H3,(H,24,26)(H,25,27)/b23-11+.